The van der Waals surface area contributed by atoms with E-state index in [9.17, 15) is 4.79 Å². The van der Waals surface area contributed by atoms with E-state index in [4.69, 9.17) is 11.6 Å². The SMILES string of the molecule is C[C@H]1CCCN([C@H](C)C(=O)NCc2ccc(Cl)cc2)C1. The van der Waals surface area contributed by atoms with E-state index in [1.807, 2.05) is 31.2 Å². The normalized spacial score (nSPS) is 21.4. The Balaban J connectivity index is 1.83. The molecule has 2 rings (SSSR count). The molecule has 2 atom stereocenters. The zero-order valence-electron chi connectivity index (χ0n) is 12.2. The van der Waals surface area contributed by atoms with Gasteiger partial charge in [-0.15, -0.1) is 0 Å². The number of hydrogen-bond acceptors (Lipinski definition) is 2. The van der Waals surface area contributed by atoms with Crippen molar-refractivity contribution in [2.75, 3.05) is 13.1 Å². The van der Waals surface area contributed by atoms with Gasteiger partial charge in [0.25, 0.3) is 0 Å². The maximum atomic E-state index is 12.2. The topological polar surface area (TPSA) is 32.3 Å². The molecule has 1 aromatic carbocycles. The molecule has 1 N–H and O–H groups in total. The van der Waals surface area contributed by atoms with Crippen LogP contribution in [0.3, 0.4) is 0 Å². The molecule has 3 nitrogen and oxygen atoms in total. The van der Waals surface area contributed by atoms with E-state index < -0.39 is 0 Å². The molecule has 1 heterocycles. The smallest absolute Gasteiger partial charge is 0.237 e. The van der Waals surface area contributed by atoms with Crippen molar-refractivity contribution >= 4 is 17.5 Å². The lowest BCUT2D eigenvalue weighted by molar-refractivity contribution is -0.126. The number of likely N-dealkylation sites (tertiary alicyclic amines) is 1. The summed E-state index contributed by atoms with van der Waals surface area (Å²) in [5.41, 5.74) is 1.07. The van der Waals surface area contributed by atoms with Crippen molar-refractivity contribution in [2.45, 2.75) is 39.3 Å². The minimum atomic E-state index is -0.0509. The molecule has 0 spiro atoms. The van der Waals surface area contributed by atoms with Crippen molar-refractivity contribution in [3.05, 3.63) is 34.9 Å². The van der Waals surface area contributed by atoms with Crippen molar-refractivity contribution in [1.82, 2.24) is 10.2 Å². The molecule has 0 radical (unpaired) electrons. The van der Waals surface area contributed by atoms with Crippen LogP contribution in [-0.2, 0) is 11.3 Å². The lowest BCUT2D eigenvalue weighted by atomic mass is 9.99. The standard InChI is InChI=1S/C16H23ClN2O/c1-12-4-3-9-19(11-12)13(2)16(20)18-10-14-5-7-15(17)8-6-14/h5-8,12-13H,3-4,9-11H2,1-2H3,(H,18,20)/t12-,13+/m0/s1. The van der Waals surface area contributed by atoms with Crippen molar-refractivity contribution < 1.29 is 4.79 Å². The Hall–Kier alpha value is -1.06. The second-order valence-corrected chi connectivity index (χ2v) is 6.20. The van der Waals surface area contributed by atoms with Gasteiger partial charge >= 0.3 is 0 Å². The molecule has 0 bridgehead atoms. The summed E-state index contributed by atoms with van der Waals surface area (Å²) >= 11 is 5.85. The van der Waals surface area contributed by atoms with Crippen LogP contribution >= 0.6 is 11.6 Å². The van der Waals surface area contributed by atoms with Crippen LogP contribution in [-0.4, -0.2) is 29.9 Å². The predicted molar refractivity (Wildman–Crippen MR) is 82.7 cm³/mol. The number of nitrogens with one attached hydrogen (secondary N) is 1. The first-order valence-electron chi connectivity index (χ1n) is 7.32. The number of piperidine rings is 1. The summed E-state index contributed by atoms with van der Waals surface area (Å²) in [5.74, 6) is 0.796. The number of halogens is 1. The van der Waals surface area contributed by atoms with Crippen LogP contribution in [0.25, 0.3) is 0 Å². The molecule has 1 fully saturated rings. The third-order valence-corrected chi connectivity index (χ3v) is 4.25. The number of amides is 1. The molecule has 0 aromatic heterocycles. The van der Waals surface area contributed by atoms with Crippen LogP contribution < -0.4 is 5.32 Å². The zero-order chi connectivity index (χ0) is 14.5. The molecule has 1 aliphatic heterocycles. The fourth-order valence-corrected chi connectivity index (χ4v) is 2.81. The van der Waals surface area contributed by atoms with Crippen molar-refractivity contribution in [3.63, 3.8) is 0 Å². The maximum absolute atomic E-state index is 12.2. The summed E-state index contributed by atoms with van der Waals surface area (Å²) in [6, 6.07) is 7.52. The van der Waals surface area contributed by atoms with Gasteiger partial charge in [-0.2, -0.15) is 0 Å². The summed E-state index contributed by atoms with van der Waals surface area (Å²) in [6.07, 6.45) is 2.46. The summed E-state index contributed by atoms with van der Waals surface area (Å²) in [4.78, 5) is 14.5. The Morgan fingerprint density at radius 3 is 2.80 bits per heavy atom. The Morgan fingerprint density at radius 1 is 1.45 bits per heavy atom. The minimum Gasteiger partial charge on any atom is -0.351 e. The fourth-order valence-electron chi connectivity index (χ4n) is 2.68. The first-order chi connectivity index (χ1) is 9.56. The minimum absolute atomic E-state index is 0.0509. The quantitative estimate of drug-likeness (QED) is 0.925. The third-order valence-electron chi connectivity index (χ3n) is 4.00. The molecule has 1 aliphatic rings. The van der Waals surface area contributed by atoms with Gasteiger partial charge in [0, 0.05) is 18.1 Å². The van der Waals surface area contributed by atoms with Crippen LogP contribution in [0.15, 0.2) is 24.3 Å². The highest BCUT2D eigenvalue weighted by Gasteiger charge is 2.25. The molecular formula is C16H23ClN2O. The highest BCUT2D eigenvalue weighted by atomic mass is 35.5. The second kappa shape index (κ2) is 7.09. The molecule has 1 aromatic rings. The number of hydrogen-bond donors (Lipinski definition) is 1. The Bertz CT molecular complexity index is 446. The summed E-state index contributed by atoms with van der Waals surface area (Å²) < 4.78 is 0. The van der Waals surface area contributed by atoms with Crippen molar-refractivity contribution in [3.8, 4) is 0 Å². The van der Waals surface area contributed by atoms with Crippen LogP contribution in [0.1, 0.15) is 32.3 Å². The molecule has 0 aliphatic carbocycles. The van der Waals surface area contributed by atoms with E-state index in [-0.39, 0.29) is 11.9 Å². The van der Waals surface area contributed by atoms with E-state index in [2.05, 4.69) is 17.1 Å². The Labute approximate surface area is 126 Å². The summed E-state index contributed by atoms with van der Waals surface area (Å²) in [5, 5.41) is 3.72. The first kappa shape index (κ1) is 15.3. The van der Waals surface area contributed by atoms with E-state index in [1.165, 1.54) is 12.8 Å². The lowest BCUT2D eigenvalue weighted by Gasteiger charge is -2.34. The van der Waals surface area contributed by atoms with E-state index in [0.717, 1.165) is 23.7 Å². The average Bonchev–Trinajstić information content (AvgIpc) is 2.45. The molecule has 110 valence electrons. The van der Waals surface area contributed by atoms with E-state index in [0.29, 0.717) is 12.5 Å². The van der Waals surface area contributed by atoms with Gasteiger partial charge in [-0.05, 0) is 49.9 Å². The number of carbonyl (C=O) groups excluding carboxylic acids is 1. The Morgan fingerprint density at radius 2 is 2.15 bits per heavy atom. The molecule has 0 unspecified atom stereocenters. The largest absolute Gasteiger partial charge is 0.351 e. The fraction of sp³-hybridized carbons (Fsp3) is 0.562. The summed E-state index contributed by atoms with van der Waals surface area (Å²) in [7, 11) is 0. The average molecular weight is 295 g/mol. The van der Waals surface area contributed by atoms with E-state index in [1.54, 1.807) is 0 Å². The van der Waals surface area contributed by atoms with Crippen molar-refractivity contribution in [2.24, 2.45) is 5.92 Å². The molecule has 1 amide bonds. The highest BCUT2D eigenvalue weighted by molar-refractivity contribution is 6.30. The van der Waals surface area contributed by atoms with Gasteiger partial charge in [-0.25, -0.2) is 0 Å². The molecule has 4 heteroatoms. The van der Waals surface area contributed by atoms with Gasteiger partial charge < -0.3 is 5.32 Å². The number of rotatable bonds is 4. The van der Waals surface area contributed by atoms with Gasteiger partial charge in [-0.1, -0.05) is 30.7 Å². The third kappa shape index (κ3) is 4.22. The lowest BCUT2D eigenvalue weighted by Crippen LogP contribution is -2.48. The van der Waals surface area contributed by atoms with Gasteiger partial charge in [-0.3, -0.25) is 9.69 Å². The van der Waals surface area contributed by atoms with Crippen LogP contribution in [0, 0.1) is 5.92 Å². The Kier molecular flexibility index (Phi) is 5.44. The van der Waals surface area contributed by atoms with Crippen LogP contribution in [0.2, 0.25) is 5.02 Å². The number of benzene rings is 1. The van der Waals surface area contributed by atoms with E-state index >= 15 is 0 Å². The molecule has 1 saturated heterocycles. The molecule has 0 saturated carbocycles. The van der Waals surface area contributed by atoms with Crippen molar-refractivity contribution in [1.29, 1.82) is 0 Å². The second-order valence-electron chi connectivity index (χ2n) is 5.76. The van der Waals surface area contributed by atoms with Crippen LogP contribution in [0.4, 0.5) is 0 Å². The summed E-state index contributed by atoms with van der Waals surface area (Å²) in [6.45, 7) is 6.86. The molecular weight excluding hydrogens is 272 g/mol. The first-order valence-corrected chi connectivity index (χ1v) is 7.70. The maximum Gasteiger partial charge on any atom is 0.237 e. The number of nitrogens with zero attached hydrogens (tertiary/aromatic N) is 1. The highest BCUT2D eigenvalue weighted by Crippen LogP contribution is 2.17. The van der Waals surface area contributed by atoms with Crippen LogP contribution in [0.5, 0.6) is 0 Å². The number of carbonyl (C=O) groups is 1. The van der Waals surface area contributed by atoms with Gasteiger partial charge in [0.2, 0.25) is 5.91 Å². The predicted octanol–water partition coefficient (Wildman–Crippen LogP) is 3.08. The molecule has 20 heavy (non-hydrogen) atoms. The van der Waals surface area contributed by atoms with Gasteiger partial charge in [0.1, 0.15) is 0 Å². The van der Waals surface area contributed by atoms with Gasteiger partial charge in [0.15, 0.2) is 0 Å². The van der Waals surface area contributed by atoms with Gasteiger partial charge in [0.05, 0.1) is 6.04 Å². The zero-order valence-corrected chi connectivity index (χ0v) is 13.0. The monoisotopic (exact) mass is 294 g/mol.